The molecule has 1 amide bonds. The molecule has 0 aliphatic carbocycles. The third-order valence-electron chi connectivity index (χ3n) is 9.70. The van der Waals surface area contributed by atoms with Crippen LogP contribution in [0, 0.1) is 11.6 Å². The van der Waals surface area contributed by atoms with Crippen LogP contribution < -0.4 is 15.4 Å². The number of nitrogens with zero attached hydrogens (tertiary/aromatic N) is 7. The molecule has 11 nitrogen and oxygen atoms in total. The number of hydrogen-bond donors (Lipinski definition) is 2. The molecule has 2 saturated heterocycles. The van der Waals surface area contributed by atoms with E-state index in [0.29, 0.717) is 48.4 Å². The SMILES string of the molecule is CN(C)C(=O)C(N)=CC1=NCCCN(c2nc(OCC34CCCN3CCC4)nc3c(F)c(-c4cc(O)cc5ccc(F)c(Cl)c45)ncc23)C1. The zero-order chi connectivity index (χ0) is 34.4. The van der Waals surface area contributed by atoms with Gasteiger partial charge >= 0.3 is 6.01 Å². The number of nitrogens with two attached hydrogens (primary N) is 1. The summed E-state index contributed by atoms with van der Waals surface area (Å²) in [6.45, 7) is 3.64. The Kier molecular flexibility index (Phi) is 8.74. The van der Waals surface area contributed by atoms with Crippen molar-refractivity contribution in [3.63, 3.8) is 0 Å². The first kappa shape index (κ1) is 32.9. The number of rotatable bonds is 7. The number of fused-ring (bicyclic) bond motifs is 3. The van der Waals surface area contributed by atoms with Crippen LogP contribution in [0.1, 0.15) is 32.1 Å². The summed E-state index contributed by atoms with van der Waals surface area (Å²) in [6, 6.07) is 5.40. The van der Waals surface area contributed by atoms with Crippen molar-refractivity contribution in [1.82, 2.24) is 24.8 Å². The van der Waals surface area contributed by atoms with Crippen LogP contribution in [0.4, 0.5) is 14.6 Å². The molecule has 0 unspecified atom stereocenters. The van der Waals surface area contributed by atoms with Crippen molar-refractivity contribution in [2.75, 3.05) is 58.3 Å². The second kappa shape index (κ2) is 13.0. The molecule has 4 aromatic rings. The first-order chi connectivity index (χ1) is 23.5. The van der Waals surface area contributed by atoms with Gasteiger partial charge < -0.3 is 25.4 Å². The normalized spacial score (nSPS) is 18.1. The Morgan fingerprint density at radius 2 is 1.92 bits per heavy atom. The number of benzene rings is 2. The van der Waals surface area contributed by atoms with Gasteiger partial charge in [0.25, 0.3) is 5.91 Å². The summed E-state index contributed by atoms with van der Waals surface area (Å²) in [4.78, 5) is 36.8. The van der Waals surface area contributed by atoms with Gasteiger partial charge in [-0.1, -0.05) is 17.7 Å². The third kappa shape index (κ3) is 6.10. The average Bonchev–Trinajstić information content (AvgIpc) is 3.58. The lowest BCUT2D eigenvalue weighted by Gasteiger charge is -2.31. The van der Waals surface area contributed by atoms with E-state index < -0.39 is 11.6 Å². The van der Waals surface area contributed by atoms with Crippen molar-refractivity contribution in [2.45, 2.75) is 37.6 Å². The highest BCUT2D eigenvalue weighted by Crippen LogP contribution is 2.41. The van der Waals surface area contributed by atoms with E-state index in [1.165, 1.54) is 35.4 Å². The number of phenols is 1. The molecule has 3 aliphatic heterocycles. The third-order valence-corrected chi connectivity index (χ3v) is 10.1. The van der Waals surface area contributed by atoms with Crippen LogP contribution in [-0.4, -0.2) is 100 Å². The topological polar surface area (TPSA) is 133 Å². The van der Waals surface area contributed by atoms with E-state index in [-0.39, 0.29) is 62.6 Å². The zero-order valence-corrected chi connectivity index (χ0v) is 28.1. The fraction of sp³-hybridized carbons (Fsp3) is 0.400. The molecule has 0 atom stereocenters. The molecule has 0 bridgehead atoms. The Morgan fingerprint density at radius 1 is 1.14 bits per heavy atom. The van der Waals surface area contributed by atoms with E-state index in [2.05, 4.69) is 19.9 Å². The number of amides is 1. The smallest absolute Gasteiger partial charge is 0.319 e. The summed E-state index contributed by atoms with van der Waals surface area (Å²) in [5, 5.41) is 11.3. The van der Waals surface area contributed by atoms with Gasteiger partial charge in [0.2, 0.25) is 0 Å². The molecule has 2 aromatic carbocycles. The van der Waals surface area contributed by atoms with Crippen LogP contribution in [0.2, 0.25) is 5.02 Å². The second-order valence-electron chi connectivity index (χ2n) is 13.1. The molecule has 2 aromatic heterocycles. The van der Waals surface area contributed by atoms with E-state index in [0.717, 1.165) is 38.8 Å². The highest BCUT2D eigenvalue weighted by molar-refractivity contribution is 6.37. The van der Waals surface area contributed by atoms with Crippen LogP contribution in [0.15, 0.2) is 47.2 Å². The van der Waals surface area contributed by atoms with Gasteiger partial charge in [-0.3, -0.25) is 19.7 Å². The van der Waals surface area contributed by atoms with Gasteiger partial charge in [0.1, 0.15) is 35.2 Å². The highest BCUT2D eigenvalue weighted by atomic mass is 35.5. The number of carbonyl (C=O) groups is 1. The van der Waals surface area contributed by atoms with E-state index in [1.54, 1.807) is 20.2 Å². The van der Waals surface area contributed by atoms with Gasteiger partial charge in [0.15, 0.2) is 5.82 Å². The minimum atomic E-state index is -0.802. The molecule has 0 radical (unpaired) electrons. The van der Waals surface area contributed by atoms with Gasteiger partial charge in [-0.05, 0) is 74.9 Å². The maximum absolute atomic E-state index is 16.9. The molecule has 7 rings (SSSR count). The van der Waals surface area contributed by atoms with Crippen molar-refractivity contribution in [2.24, 2.45) is 10.7 Å². The highest BCUT2D eigenvalue weighted by Gasteiger charge is 2.45. The number of ether oxygens (including phenoxy) is 1. The number of carbonyl (C=O) groups excluding carboxylic acids is 1. The monoisotopic (exact) mass is 690 g/mol. The lowest BCUT2D eigenvalue weighted by atomic mass is 9.95. The summed E-state index contributed by atoms with van der Waals surface area (Å²) in [7, 11) is 3.24. The number of aromatic nitrogens is 3. The Balaban J connectivity index is 1.35. The summed E-state index contributed by atoms with van der Waals surface area (Å²) in [6.07, 6.45) is 7.85. The molecule has 0 saturated carbocycles. The maximum Gasteiger partial charge on any atom is 0.319 e. The lowest BCUT2D eigenvalue weighted by molar-refractivity contribution is -0.124. The number of aliphatic imine (C=N–C) groups is 1. The summed E-state index contributed by atoms with van der Waals surface area (Å²) >= 11 is 6.39. The standard InChI is InChI=1S/C35H37ClF2N8O3/c1-44(2)33(48)26(39)15-21-18-45(11-5-10-40-21)32-24-17-41-30(23-16-22(47)14-20-6-7-25(37)28(36)27(20)23)29(38)31(24)42-34(43-32)49-19-35-8-3-12-46(35)13-4-9-35/h6-7,14-17,47H,3-5,8-13,18-19,39H2,1-2H3. The van der Waals surface area contributed by atoms with Gasteiger partial charge in [-0.15, -0.1) is 0 Å². The summed E-state index contributed by atoms with van der Waals surface area (Å²) in [5.74, 6) is -1.60. The van der Waals surface area contributed by atoms with Crippen LogP contribution in [0.25, 0.3) is 32.9 Å². The summed E-state index contributed by atoms with van der Waals surface area (Å²) < 4.78 is 37.9. The zero-order valence-electron chi connectivity index (χ0n) is 27.3. The number of likely N-dealkylation sites (N-methyl/N-ethyl adjacent to an activating group) is 1. The molecule has 3 N–H and O–H groups in total. The van der Waals surface area contributed by atoms with Crippen LogP contribution >= 0.6 is 11.6 Å². The molecule has 3 aliphatic rings. The fourth-order valence-corrected chi connectivity index (χ4v) is 7.60. The second-order valence-corrected chi connectivity index (χ2v) is 13.5. The van der Waals surface area contributed by atoms with Crippen LogP contribution in [0.3, 0.4) is 0 Å². The number of phenolic OH excluding ortho intramolecular Hbond substituents is 1. The Morgan fingerprint density at radius 3 is 2.67 bits per heavy atom. The van der Waals surface area contributed by atoms with Crippen molar-refractivity contribution in [3.8, 4) is 23.0 Å². The predicted octanol–water partition coefficient (Wildman–Crippen LogP) is 5.07. The molecule has 256 valence electrons. The summed E-state index contributed by atoms with van der Waals surface area (Å²) in [5.41, 5.74) is 6.52. The Labute approximate surface area is 287 Å². The van der Waals surface area contributed by atoms with Crippen molar-refractivity contribution >= 4 is 50.7 Å². The van der Waals surface area contributed by atoms with Gasteiger partial charge in [-0.2, -0.15) is 9.97 Å². The number of aromatic hydroxyl groups is 1. The molecule has 14 heteroatoms. The van der Waals surface area contributed by atoms with E-state index in [4.69, 9.17) is 27.1 Å². The Hall–Kier alpha value is -4.62. The quantitative estimate of drug-likeness (QED) is 0.255. The predicted molar refractivity (Wildman–Crippen MR) is 185 cm³/mol. The van der Waals surface area contributed by atoms with Crippen LogP contribution in [-0.2, 0) is 4.79 Å². The van der Waals surface area contributed by atoms with Crippen molar-refractivity contribution in [1.29, 1.82) is 0 Å². The molecule has 0 spiro atoms. The van der Waals surface area contributed by atoms with E-state index >= 15 is 4.39 Å². The molecular weight excluding hydrogens is 654 g/mol. The minimum absolute atomic E-state index is 0.0112. The first-order valence-corrected chi connectivity index (χ1v) is 16.7. The number of hydrogen-bond acceptors (Lipinski definition) is 10. The molecule has 49 heavy (non-hydrogen) atoms. The number of anilines is 1. The fourth-order valence-electron chi connectivity index (χ4n) is 7.32. The largest absolute Gasteiger partial charge is 0.508 e. The molecular formula is C35H37ClF2N8O3. The lowest BCUT2D eigenvalue weighted by Crippen LogP contribution is -2.43. The maximum atomic E-state index is 16.9. The number of halogens is 3. The van der Waals surface area contributed by atoms with Gasteiger partial charge in [0, 0.05) is 44.3 Å². The van der Waals surface area contributed by atoms with E-state index in [1.807, 2.05) is 4.90 Å². The average molecular weight is 691 g/mol. The molecule has 2 fully saturated rings. The van der Waals surface area contributed by atoms with Gasteiger partial charge in [0.05, 0.1) is 33.9 Å². The van der Waals surface area contributed by atoms with E-state index in [9.17, 15) is 14.3 Å². The number of pyridine rings is 1. The Bertz CT molecular complexity index is 2030. The molecule has 5 heterocycles. The van der Waals surface area contributed by atoms with Gasteiger partial charge in [-0.25, -0.2) is 8.78 Å². The minimum Gasteiger partial charge on any atom is -0.508 e. The van der Waals surface area contributed by atoms with Crippen LogP contribution in [0.5, 0.6) is 11.8 Å². The van der Waals surface area contributed by atoms with Crippen molar-refractivity contribution in [3.05, 3.63) is 58.9 Å². The first-order valence-electron chi connectivity index (χ1n) is 16.4. The van der Waals surface area contributed by atoms with Crippen molar-refractivity contribution < 1.29 is 23.4 Å².